The first-order valence-corrected chi connectivity index (χ1v) is 10.2. The minimum atomic E-state index is -0.204. The van der Waals surface area contributed by atoms with Crippen molar-refractivity contribution in [3.8, 4) is 0 Å². The number of hydrogen-bond donors (Lipinski definition) is 0. The van der Waals surface area contributed by atoms with Crippen LogP contribution in [-0.2, 0) is 17.9 Å². The molecule has 1 atom stereocenters. The summed E-state index contributed by atoms with van der Waals surface area (Å²) >= 11 is 0. The summed E-state index contributed by atoms with van der Waals surface area (Å²) < 4.78 is 15.2. The second kappa shape index (κ2) is 9.32. The lowest BCUT2D eigenvalue weighted by molar-refractivity contribution is -0.132. The zero-order valence-electron chi connectivity index (χ0n) is 17.1. The number of amides is 1. The van der Waals surface area contributed by atoms with Crippen LogP contribution in [0.3, 0.4) is 0 Å². The third-order valence-corrected chi connectivity index (χ3v) is 5.66. The van der Waals surface area contributed by atoms with E-state index in [-0.39, 0.29) is 11.7 Å². The van der Waals surface area contributed by atoms with Crippen LogP contribution in [0.2, 0.25) is 0 Å². The van der Waals surface area contributed by atoms with Crippen molar-refractivity contribution in [2.24, 2.45) is 5.92 Å². The van der Waals surface area contributed by atoms with Crippen molar-refractivity contribution in [2.75, 3.05) is 19.6 Å². The van der Waals surface area contributed by atoms with Crippen LogP contribution in [0.15, 0.2) is 36.7 Å². The smallest absolute Gasteiger partial charge is 0.224 e. The van der Waals surface area contributed by atoms with Crippen molar-refractivity contribution in [3.05, 3.63) is 53.9 Å². The van der Waals surface area contributed by atoms with Gasteiger partial charge in [-0.3, -0.25) is 9.69 Å². The molecule has 152 valence electrons. The van der Waals surface area contributed by atoms with Crippen molar-refractivity contribution in [1.82, 2.24) is 19.4 Å². The molecular formula is C22H31FN4O. The van der Waals surface area contributed by atoms with Gasteiger partial charge < -0.3 is 9.47 Å². The summed E-state index contributed by atoms with van der Waals surface area (Å²) in [6, 6.07) is 7.05. The molecule has 1 aliphatic heterocycles. The Kier molecular flexibility index (Phi) is 6.83. The molecule has 5 nitrogen and oxygen atoms in total. The van der Waals surface area contributed by atoms with E-state index in [2.05, 4.69) is 23.7 Å². The third kappa shape index (κ3) is 5.19. The van der Waals surface area contributed by atoms with Crippen LogP contribution in [0.25, 0.3) is 0 Å². The van der Waals surface area contributed by atoms with Gasteiger partial charge in [-0.15, -0.1) is 0 Å². The number of aryl methyl sites for hydroxylation is 2. The number of carbonyl (C=O) groups excluding carboxylic acids is 1. The van der Waals surface area contributed by atoms with Gasteiger partial charge in [0.2, 0.25) is 5.91 Å². The molecule has 0 spiro atoms. The van der Waals surface area contributed by atoms with Gasteiger partial charge in [-0.2, -0.15) is 0 Å². The van der Waals surface area contributed by atoms with E-state index in [0.717, 1.165) is 44.0 Å². The van der Waals surface area contributed by atoms with E-state index in [4.69, 9.17) is 0 Å². The maximum absolute atomic E-state index is 13.2. The van der Waals surface area contributed by atoms with Gasteiger partial charge in [-0.25, -0.2) is 9.37 Å². The Hall–Kier alpha value is -2.21. The van der Waals surface area contributed by atoms with Gasteiger partial charge in [-0.05, 0) is 37.0 Å². The normalized spacial score (nSPS) is 18.5. The average Bonchev–Trinajstić information content (AvgIpc) is 2.95. The number of halogens is 1. The molecule has 1 saturated heterocycles. The Morgan fingerprint density at radius 1 is 1.25 bits per heavy atom. The number of imidazole rings is 1. The molecule has 2 heterocycles. The Balaban J connectivity index is 1.63. The van der Waals surface area contributed by atoms with Gasteiger partial charge in [0.05, 0.1) is 0 Å². The van der Waals surface area contributed by atoms with Crippen LogP contribution < -0.4 is 0 Å². The molecular weight excluding hydrogens is 355 g/mol. The Labute approximate surface area is 167 Å². The standard InChI is InChI=1S/C22H31FN4O/c1-17(2)21-16-27(22(28)9-13-25-14-10-24-18(25)3)12-4-11-26(21)15-19-5-7-20(23)8-6-19/h5-8,10,14,17,21H,4,9,11-13,15-16H2,1-3H3. The summed E-state index contributed by atoms with van der Waals surface area (Å²) in [6.07, 6.45) is 5.15. The van der Waals surface area contributed by atoms with Crippen molar-refractivity contribution in [3.63, 3.8) is 0 Å². The lowest BCUT2D eigenvalue weighted by Gasteiger charge is -2.34. The monoisotopic (exact) mass is 386 g/mol. The van der Waals surface area contributed by atoms with Crippen LogP contribution in [-0.4, -0.2) is 50.9 Å². The number of carbonyl (C=O) groups is 1. The molecule has 0 radical (unpaired) electrons. The quantitative estimate of drug-likeness (QED) is 0.763. The Morgan fingerprint density at radius 2 is 2.00 bits per heavy atom. The van der Waals surface area contributed by atoms with Crippen LogP contribution in [0, 0.1) is 18.7 Å². The second-order valence-electron chi connectivity index (χ2n) is 8.02. The van der Waals surface area contributed by atoms with Crippen LogP contribution in [0.1, 0.15) is 38.1 Å². The molecule has 6 heteroatoms. The molecule has 2 aromatic rings. The largest absolute Gasteiger partial charge is 0.341 e. The molecule has 0 saturated carbocycles. The molecule has 1 aliphatic rings. The molecule has 1 unspecified atom stereocenters. The van der Waals surface area contributed by atoms with Crippen molar-refractivity contribution in [2.45, 2.75) is 52.7 Å². The number of hydrogen-bond acceptors (Lipinski definition) is 3. The van der Waals surface area contributed by atoms with Crippen molar-refractivity contribution >= 4 is 5.91 Å². The van der Waals surface area contributed by atoms with Crippen molar-refractivity contribution in [1.29, 1.82) is 0 Å². The molecule has 1 fully saturated rings. The summed E-state index contributed by atoms with van der Waals surface area (Å²) in [5, 5.41) is 0. The fourth-order valence-electron chi connectivity index (χ4n) is 3.96. The number of benzene rings is 1. The van der Waals surface area contributed by atoms with E-state index in [9.17, 15) is 9.18 Å². The first kappa shape index (κ1) is 20.5. The first-order valence-electron chi connectivity index (χ1n) is 10.2. The minimum Gasteiger partial charge on any atom is -0.341 e. The zero-order chi connectivity index (χ0) is 20.1. The van der Waals surface area contributed by atoms with Gasteiger partial charge in [0.25, 0.3) is 0 Å². The topological polar surface area (TPSA) is 41.4 Å². The van der Waals surface area contributed by atoms with Crippen molar-refractivity contribution < 1.29 is 9.18 Å². The minimum absolute atomic E-state index is 0.204. The van der Waals surface area contributed by atoms with Gasteiger partial charge in [-0.1, -0.05) is 26.0 Å². The summed E-state index contributed by atoms with van der Waals surface area (Å²) in [7, 11) is 0. The highest BCUT2D eigenvalue weighted by atomic mass is 19.1. The average molecular weight is 387 g/mol. The van der Waals surface area contributed by atoms with Gasteiger partial charge in [0, 0.05) is 57.6 Å². The number of nitrogens with zero attached hydrogens (tertiary/aromatic N) is 4. The Bertz CT molecular complexity index is 771. The highest BCUT2D eigenvalue weighted by molar-refractivity contribution is 5.76. The number of rotatable bonds is 6. The molecule has 3 rings (SSSR count). The van der Waals surface area contributed by atoms with E-state index in [1.165, 1.54) is 12.1 Å². The van der Waals surface area contributed by atoms with Crippen LogP contribution in [0.4, 0.5) is 4.39 Å². The zero-order valence-corrected chi connectivity index (χ0v) is 17.1. The lowest BCUT2D eigenvalue weighted by atomic mass is 10.0. The Morgan fingerprint density at radius 3 is 2.64 bits per heavy atom. The number of aromatic nitrogens is 2. The maximum Gasteiger partial charge on any atom is 0.224 e. The van der Waals surface area contributed by atoms with E-state index in [1.54, 1.807) is 6.20 Å². The SMILES string of the molecule is Cc1nccn1CCC(=O)N1CCCN(Cc2ccc(F)cc2)C(C(C)C)C1. The summed E-state index contributed by atoms with van der Waals surface area (Å²) in [4.78, 5) is 21.6. The molecule has 0 aliphatic carbocycles. The summed E-state index contributed by atoms with van der Waals surface area (Å²) in [5.74, 6) is 1.38. The predicted molar refractivity (Wildman–Crippen MR) is 108 cm³/mol. The second-order valence-corrected chi connectivity index (χ2v) is 8.02. The van der Waals surface area contributed by atoms with Crippen LogP contribution >= 0.6 is 0 Å². The molecule has 1 aromatic carbocycles. The molecule has 28 heavy (non-hydrogen) atoms. The van der Waals surface area contributed by atoms with Gasteiger partial charge in [0.1, 0.15) is 11.6 Å². The van der Waals surface area contributed by atoms with Gasteiger partial charge in [0.15, 0.2) is 0 Å². The van der Waals surface area contributed by atoms with Crippen LogP contribution in [0.5, 0.6) is 0 Å². The molecule has 0 bridgehead atoms. The lowest BCUT2D eigenvalue weighted by Crippen LogP contribution is -2.45. The maximum atomic E-state index is 13.2. The molecule has 1 amide bonds. The predicted octanol–water partition coefficient (Wildman–Crippen LogP) is 3.48. The fourth-order valence-corrected chi connectivity index (χ4v) is 3.96. The van der Waals surface area contributed by atoms with E-state index in [0.29, 0.717) is 24.9 Å². The van der Waals surface area contributed by atoms with Gasteiger partial charge >= 0.3 is 0 Å². The van der Waals surface area contributed by atoms with E-state index >= 15 is 0 Å². The third-order valence-electron chi connectivity index (χ3n) is 5.66. The highest BCUT2D eigenvalue weighted by Gasteiger charge is 2.29. The molecule has 1 aromatic heterocycles. The van der Waals surface area contributed by atoms with E-state index in [1.807, 2.05) is 34.7 Å². The first-order chi connectivity index (χ1) is 13.4. The fraction of sp³-hybridized carbons (Fsp3) is 0.545. The van der Waals surface area contributed by atoms with E-state index < -0.39 is 0 Å². The molecule has 0 N–H and O–H groups in total. The highest BCUT2D eigenvalue weighted by Crippen LogP contribution is 2.21. The summed E-state index contributed by atoms with van der Waals surface area (Å²) in [5.41, 5.74) is 1.11. The summed E-state index contributed by atoms with van der Waals surface area (Å²) in [6.45, 7) is 10.3.